The van der Waals surface area contributed by atoms with E-state index in [2.05, 4.69) is 81.6 Å². The van der Waals surface area contributed by atoms with E-state index in [1.165, 1.54) is 22.4 Å². The van der Waals surface area contributed by atoms with Gasteiger partial charge in [-0.2, -0.15) is 0 Å². The number of carbonyl (C=O) groups excluding carboxylic acids is 1. The van der Waals surface area contributed by atoms with Crippen LogP contribution >= 0.6 is 0 Å². The van der Waals surface area contributed by atoms with Crippen LogP contribution in [0.3, 0.4) is 0 Å². The molecule has 7 nitrogen and oxygen atoms in total. The van der Waals surface area contributed by atoms with Crippen LogP contribution in [-0.4, -0.2) is 71.6 Å². The average molecular weight is 552 g/mol. The molecule has 3 aromatic carbocycles. The first kappa shape index (κ1) is 27.3. The molecule has 0 bridgehead atoms. The van der Waals surface area contributed by atoms with Gasteiger partial charge in [0.15, 0.2) is 0 Å². The topological polar surface area (TPSA) is 53.8 Å². The fraction of sp³-hybridized carbons (Fsp3) is 0.412. The summed E-state index contributed by atoms with van der Waals surface area (Å²) in [6, 6.07) is 23.1. The van der Waals surface area contributed by atoms with E-state index in [4.69, 9.17) is 9.72 Å². The maximum Gasteiger partial charge on any atom is 0.227 e. The van der Waals surface area contributed by atoms with Crippen molar-refractivity contribution in [3.8, 4) is 5.75 Å². The van der Waals surface area contributed by atoms with Gasteiger partial charge in [-0.15, -0.1) is 0 Å². The summed E-state index contributed by atoms with van der Waals surface area (Å²) in [5.74, 6) is 2.29. The Morgan fingerprint density at radius 2 is 1.61 bits per heavy atom. The lowest BCUT2D eigenvalue weighted by molar-refractivity contribution is -0.137. The van der Waals surface area contributed by atoms with Crippen LogP contribution in [0.25, 0.3) is 11.0 Å². The minimum absolute atomic E-state index is 0.0508. The van der Waals surface area contributed by atoms with Gasteiger partial charge in [0, 0.05) is 45.0 Å². The minimum Gasteiger partial charge on any atom is -0.497 e. The highest BCUT2D eigenvalue weighted by Crippen LogP contribution is 2.28. The maximum absolute atomic E-state index is 13.7. The molecule has 2 fully saturated rings. The number of likely N-dealkylation sites (tertiary alicyclic amines) is 1. The van der Waals surface area contributed by atoms with Gasteiger partial charge in [0.2, 0.25) is 5.91 Å². The molecule has 0 spiro atoms. The number of hydrogen-bond acceptors (Lipinski definition) is 5. The predicted molar refractivity (Wildman–Crippen MR) is 165 cm³/mol. The van der Waals surface area contributed by atoms with Crippen LogP contribution in [0.15, 0.2) is 66.7 Å². The molecule has 7 heteroatoms. The van der Waals surface area contributed by atoms with Gasteiger partial charge in [0.25, 0.3) is 0 Å². The number of benzene rings is 3. The molecule has 2 aliphatic heterocycles. The fourth-order valence-electron chi connectivity index (χ4n) is 6.65. The first-order chi connectivity index (χ1) is 20.0. The second-order valence-electron chi connectivity index (χ2n) is 11.6. The molecule has 214 valence electrons. The number of imidazole rings is 1. The van der Waals surface area contributed by atoms with Crippen molar-refractivity contribution in [2.75, 3.05) is 51.3 Å². The molecule has 6 rings (SSSR count). The zero-order chi connectivity index (χ0) is 28.3. The normalized spacial score (nSPS) is 18.2. The van der Waals surface area contributed by atoms with Crippen molar-refractivity contribution in [1.29, 1.82) is 0 Å². The van der Waals surface area contributed by atoms with Gasteiger partial charge < -0.3 is 19.1 Å². The van der Waals surface area contributed by atoms with Crippen LogP contribution in [0.2, 0.25) is 0 Å². The Bertz CT molecular complexity index is 1480. The molecule has 4 aromatic rings. The van der Waals surface area contributed by atoms with Crippen molar-refractivity contribution in [1.82, 2.24) is 19.4 Å². The standard InChI is InChI=1S/C34H41N5O2/c1-25-8-6-9-26(2)33(25)37-18-20-38(21-19-37)34(40)28-10-7-17-36(23-28)24-32-35-30-11-4-5-12-31(30)39(32)22-27-13-15-29(41-3)16-14-27/h4-6,8-9,11-16,28H,7,10,17-24H2,1-3H3/t28-/m0/s1. The number of methoxy groups -OCH3 is 1. The third-order valence-electron chi connectivity index (χ3n) is 8.80. The van der Waals surface area contributed by atoms with Gasteiger partial charge in [-0.05, 0) is 74.2 Å². The number of piperazine rings is 1. The number of rotatable bonds is 7. The van der Waals surface area contributed by atoms with E-state index >= 15 is 0 Å². The second kappa shape index (κ2) is 12.0. The summed E-state index contributed by atoms with van der Waals surface area (Å²) in [6.07, 6.45) is 2.01. The number of hydrogen-bond donors (Lipinski definition) is 0. The molecule has 2 aliphatic rings. The molecular weight excluding hydrogens is 510 g/mol. The molecule has 3 heterocycles. The highest BCUT2D eigenvalue weighted by molar-refractivity contribution is 5.79. The summed E-state index contributed by atoms with van der Waals surface area (Å²) in [4.78, 5) is 25.7. The molecule has 1 atom stereocenters. The number of anilines is 1. The van der Waals surface area contributed by atoms with Crippen LogP contribution in [0, 0.1) is 19.8 Å². The Hall–Kier alpha value is -3.84. The van der Waals surface area contributed by atoms with Crippen LogP contribution in [0.4, 0.5) is 5.69 Å². The van der Waals surface area contributed by atoms with Gasteiger partial charge in [-0.3, -0.25) is 9.69 Å². The number of para-hydroxylation sites is 3. The molecular formula is C34H41N5O2. The Kier molecular flexibility index (Phi) is 7.97. The van der Waals surface area contributed by atoms with Crippen molar-refractivity contribution in [2.45, 2.75) is 39.8 Å². The lowest BCUT2D eigenvalue weighted by Gasteiger charge is -2.40. The Balaban J connectivity index is 1.12. The van der Waals surface area contributed by atoms with Crippen LogP contribution in [0.1, 0.15) is 35.4 Å². The van der Waals surface area contributed by atoms with E-state index in [-0.39, 0.29) is 5.92 Å². The van der Waals surface area contributed by atoms with E-state index in [9.17, 15) is 4.79 Å². The second-order valence-corrected chi connectivity index (χ2v) is 11.6. The zero-order valence-electron chi connectivity index (χ0n) is 24.6. The van der Waals surface area contributed by atoms with Crippen LogP contribution in [0.5, 0.6) is 5.75 Å². The van der Waals surface area contributed by atoms with E-state index in [1.54, 1.807) is 7.11 Å². The van der Waals surface area contributed by atoms with Gasteiger partial charge >= 0.3 is 0 Å². The van der Waals surface area contributed by atoms with Crippen molar-refractivity contribution in [2.24, 2.45) is 5.92 Å². The largest absolute Gasteiger partial charge is 0.497 e. The monoisotopic (exact) mass is 551 g/mol. The number of nitrogens with zero attached hydrogens (tertiary/aromatic N) is 5. The van der Waals surface area contributed by atoms with E-state index < -0.39 is 0 Å². The SMILES string of the molecule is COc1ccc(Cn2c(CN3CCC[C@H](C(=O)N4CCN(c5c(C)cccc5C)CC4)C3)nc3ccccc32)cc1. The van der Waals surface area contributed by atoms with Crippen LogP contribution in [-0.2, 0) is 17.9 Å². The zero-order valence-corrected chi connectivity index (χ0v) is 24.6. The first-order valence-corrected chi connectivity index (χ1v) is 14.9. The predicted octanol–water partition coefficient (Wildman–Crippen LogP) is 5.27. The Morgan fingerprint density at radius 1 is 0.878 bits per heavy atom. The van der Waals surface area contributed by atoms with E-state index in [0.717, 1.165) is 87.8 Å². The molecule has 1 amide bonds. The van der Waals surface area contributed by atoms with Crippen molar-refractivity contribution in [3.05, 3.63) is 89.2 Å². The molecule has 0 N–H and O–H groups in total. The number of fused-ring (bicyclic) bond motifs is 1. The highest BCUT2D eigenvalue weighted by Gasteiger charge is 2.32. The molecule has 2 saturated heterocycles. The lowest BCUT2D eigenvalue weighted by atomic mass is 9.96. The summed E-state index contributed by atoms with van der Waals surface area (Å²) >= 11 is 0. The van der Waals surface area contributed by atoms with Gasteiger partial charge in [0.1, 0.15) is 11.6 Å². The van der Waals surface area contributed by atoms with Crippen molar-refractivity contribution in [3.63, 3.8) is 0 Å². The quantitative estimate of drug-likeness (QED) is 0.313. The van der Waals surface area contributed by atoms with E-state index in [0.29, 0.717) is 5.91 Å². The number of carbonyl (C=O) groups is 1. The van der Waals surface area contributed by atoms with Gasteiger partial charge in [0.05, 0.1) is 30.6 Å². The highest BCUT2D eigenvalue weighted by atomic mass is 16.5. The molecule has 41 heavy (non-hydrogen) atoms. The number of ether oxygens (including phenoxy) is 1. The lowest BCUT2D eigenvalue weighted by Crippen LogP contribution is -2.52. The fourth-order valence-corrected chi connectivity index (χ4v) is 6.65. The number of amides is 1. The summed E-state index contributed by atoms with van der Waals surface area (Å²) in [7, 11) is 1.69. The number of piperidine rings is 1. The third-order valence-corrected chi connectivity index (χ3v) is 8.80. The van der Waals surface area contributed by atoms with Crippen LogP contribution < -0.4 is 9.64 Å². The molecule has 0 radical (unpaired) electrons. The molecule has 1 aromatic heterocycles. The van der Waals surface area contributed by atoms with Gasteiger partial charge in [-0.1, -0.05) is 42.5 Å². The molecule has 0 saturated carbocycles. The summed E-state index contributed by atoms with van der Waals surface area (Å²) in [6.45, 7) is 11.0. The third kappa shape index (κ3) is 5.82. The van der Waals surface area contributed by atoms with E-state index in [1.807, 2.05) is 18.2 Å². The smallest absolute Gasteiger partial charge is 0.227 e. The summed E-state index contributed by atoms with van der Waals surface area (Å²) < 4.78 is 7.68. The van der Waals surface area contributed by atoms with Gasteiger partial charge in [-0.25, -0.2) is 4.98 Å². The van der Waals surface area contributed by atoms with Crippen molar-refractivity contribution < 1.29 is 9.53 Å². The first-order valence-electron chi connectivity index (χ1n) is 14.9. The summed E-state index contributed by atoms with van der Waals surface area (Å²) in [5.41, 5.74) is 7.33. The minimum atomic E-state index is 0.0508. The Morgan fingerprint density at radius 3 is 2.34 bits per heavy atom. The summed E-state index contributed by atoms with van der Waals surface area (Å²) in [5, 5.41) is 0. The molecule has 0 unspecified atom stereocenters. The Labute approximate surface area is 243 Å². The number of aromatic nitrogens is 2. The average Bonchev–Trinajstić information content (AvgIpc) is 3.34. The number of aryl methyl sites for hydroxylation is 2. The van der Waals surface area contributed by atoms with Crippen molar-refractivity contribution >= 4 is 22.6 Å². The molecule has 0 aliphatic carbocycles. The maximum atomic E-state index is 13.7.